The Bertz CT molecular complexity index is 90.1. The van der Waals surface area contributed by atoms with Crippen molar-refractivity contribution in [1.82, 2.24) is 0 Å². The first kappa shape index (κ1) is 10.5. The maximum Gasteiger partial charge on any atom is 0.394 e. The van der Waals surface area contributed by atoms with Gasteiger partial charge in [-0.15, -0.1) is 23.3 Å². The summed E-state index contributed by atoms with van der Waals surface area (Å²) in [6.45, 7) is 0. The fourth-order valence-electron chi connectivity index (χ4n) is 0. The molecular formula is H4O4S3. The molecule has 0 fully saturated rings. The van der Waals surface area contributed by atoms with Gasteiger partial charge in [0.1, 0.15) is 0 Å². The van der Waals surface area contributed by atoms with Crippen LogP contribution in [0.15, 0.2) is 0 Å². The zero-order valence-electron chi connectivity index (χ0n) is 3.01. The molecule has 0 heterocycles. The van der Waals surface area contributed by atoms with Crippen LogP contribution in [-0.2, 0) is 10.4 Å². The molecule has 0 spiro atoms. The predicted molar refractivity (Wildman–Crippen MR) is 32.1 cm³/mol. The topological polar surface area (TPSA) is 74.6 Å². The van der Waals surface area contributed by atoms with Crippen molar-refractivity contribution >= 4 is 33.7 Å². The van der Waals surface area contributed by atoms with E-state index in [0.29, 0.717) is 0 Å². The van der Waals surface area contributed by atoms with Crippen molar-refractivity contribution in [2.45, 2.75) is 0 Å². The van der Waals surface area contributed by atoms with Gasteiger partial charge in [0.25, 0.3) is 0 Å². The third-order valence-corrected chi connectivity index (χ3v) is 0. The van der Waals surface area contributed by atoms with E-state index >= 15 is 0 Å². The van der Waals surface area contributed by atoms with E-state index in [9.17, 15) is 0 Å². The number of hydrogen-bond acceptors (Lipinski definition) is 4. The monoisotopic (exact) mass is 164 g/mol. The normalized spacial score (nSPS) is 9.14. The van der Waals surface area contributed by atoms with E-state index < -0.39 is 10.4 Å². The molecule has 0 amide bonds. The zero-order chi connectivity index (χ0) is 6.50. The molecule has 2 N–H and O–H groups in total. The number of hydrogen-bond donors (Lipinski definition) is 4. The zero-order valence-corrected chi connectivity index (χ0v) is 5.62. The summed E-state index contributed by atoms with van der Waals surface area (Å²) < 4.78 is 31.6. The van der Waals surface area contributed by atoms with Crippen LogP contribution in [0, 0.1) is 0 Å². The van der Waals surface area contributed by atoms with Gasteiger partial charge in [0.2, 0.25) is 0 Å². The summed E-state index contributed by atoms with van der Waals surface area (Å²) >= 11 is 6.44. The van der Waals surface area contributed by atoms with E-state index in [0.717, 1.165) is 0 Å². The summed E-state index contributed by atoms with van der Waals surface area (Å²) in [5.41, 5.74) is 0. The largest absolute Gasteiger partial charge is 0.394 e. The van der Waals surface area contributed by atoms with E-state index in [1.807, 2.05) is 0 Å². The van der Waals surface area contributed by atoms with Crippen molar-refractivity contribution in [2.75, 3.05) is 0 Å². The van der Waals surface area contributed by atoms with Crippen LogP contribution < -0.4 is 0 Å². The second-order valence-electron chi connectivity index (χ2n) is 0.448. The summed E-state index contributed by atoms with van der Waals surface area (Å²) in [4.78, 5) is 0. The van der Waals surface area contributed by atoms with Gasteiger partial charge >= 0.3 is 10.4 Å². The van der Waals surface area contributed by atoms with Crippen molar-refractivity contribution in [3.8, 4) is 0 Å². The first-order chi connectivity index (χ1) is 3.00. The molecule has 4 nitrogen and oxygen atoms in total. The van der Waals surface area contributed by atoms with Gasteiger partial charge in [-0.3, -0.25) is 9.11 Å². The molecule has 0 atom stereocenters. The lowest BCUT2D eigenvalue weighted by molar-refractivity contribution is 0.381. The summed E-state index contributed by atoms with van der Waals surface area (Å²) in [5, 5.41) is 0. The highest BCUT2D eigenvalue weighted by atomic mass is 33.1. The second kappa shape index (κ2) is 4.72. The van der Waals surface area contributed by atoms with E-state index in [-0.39, 0.29) is 0 Å². The highest BCUT2D eigenvalue weighted by Crippen LogP contribution is 1.65. The molecule has 0 aromatic rings. The molecule has 0 saturated heterocycles. The molecular weight excluding hydrogens is 160 g/mol. The fourth-order valence-corrected chi connectivity index (χ4v) is 0. The van der Waals surface area contributed by atoms with Crippen molar-refractivity contribution in [1.29, 1.82) is 0 Å². The Morgan fingerprint density at radius 2 is 1.14 bits per heavy atom. The lowest BCUT2D eigenvalue weighted by atomic mass is 15.8. The SMILES string of the molecule is O=S(=O)(O)O.SS. The van der Waals surface area contributed by atoms with Crippen LogP contribution in [0.3, 0.4) is 0 Å². The second-order valence-corrected chi connectivity index (χ2v) is 1.34. The van der Waals surface area contributed by atoms with E-state index in [1.165, 1.54) is 0 Å². The van der Waals surface area contributed by atoms with E-state index in [4.69, 9.17) is 17.5 Å². The average molecular weight is 164 g/mol. The molecule has 0 bridgehead atoms. The van der Waals surface area contributed by atoms with Gasteiger partial charge in [-0.25, -0.2) is 0 Å². The van der Waals surface area contributed by atoms with Crippen LogP contribution in [0.2, 0.25) is 0 Å². The molecule has 0 aliphatic rings. The summed E-state index contributed by atoms with van der Waals surface area (Å²) in [6, 6.07) is 0. The summed E-state index contributed by atoms with van der Waals surface area (Å²) in [5.74, 6) is 0. The Hall–Kier alpha value is 0.570. The van der Waals surface area contributed by atoms with Gasteiger partial charge in [-0.1, -0.05) is 0 Å². The standard InChI is InChI=1S/H2O4S.H2S2/c1-5(2,3)4;1-2/h(H2,1,2,3,4);1-2H. The minimum absolute atomic E-state index is 3.22. The summed E-state index contributed by atoms with van der Waals surface area (Å²) in [7, 11) is -4.67. The van der Waals surface area contributed by atoms with Crippen LogP contribution in [0.25, 0.3) is 0 Å². The Balaban J connectivity index is 0. The third kappa shape index (κ3) is 422. The van der Waals surface area contributed by atoms with Gasteiger partial charge in [-0.05, 0) is 0 Å². The van der Waals surface area contributed by atoms with Crippen LogP contribution in [0.5, 0.6) is 0 Å². The van der Waals surface area contributed by atoms with Gasteiger partial charge in [0, 0.05) is 0 Å². The van der Waals surface area contributed by atoms with Crippen LogP contribution in [-0.4, -0.2) is 17.5 Å². The molecule has 0 aliphatic carbocycles. The molecule has 0 aliphatic heterocycles. The lowest BCUT2D eigenvalue weighted by Crippen LogP contribution is -1.89. The van der Waals surface area contributed by atoms with Crippen LogP contribution in [0.4, 0.5) is 0 Å². The average Bonchev–Trinajstić information content (AvgIpc) is 1.36. The van der Waals surface area contributed by atoms with Crippen molar-refractivity contribution in [3.63, 3.8) is 0 Å². The molecule has 0 unspecified atom stereocenters. The molecule has 46 valence electrons. The molecule has 0 aromatic heterocycles. The van der Waals surface area contributed by atoms with Gasteiger partial charge in [0.05, 0.1) is 0 Å². The van der Waals surface area contributed by atoms with Crippen molar-refractivity contribution < 1.29 is 17.5 Å². The van der Waals surface area contributed by atoms with Gasteiger partial charge in [-0.2, -0.15) is 8.42 Å². The van der Waals surface area contributed by atoms with Gasteiger partial charge < -0.3 is 0 Å². The quantitative estimate of drug-likeness (QED) is 0.233. The number of thiol groups is 2. The Labute approximate surface area is 51.7 Å². The molecule has 0 aromatic carbocycles. The number of rotatable bonds is 0. The first-order valence-corrected chi connectivity index (χ1v) is 3.90. The van der Waals surface area contributed by atoms with E-state index in [2.05, 4.69) is 23.3 Å². The highest BCUT2D eigenvalue weighted by molar-refractivity contribution is 8.59. The Kier molecular flexibility index (Phi) is 7.10. The third-order valence-electron chi connectivity index (χ3n) is 0. The maximum atomic E-state index is 8.74. The minimum Gasteiger partial charge on any atom is -0.264 e. The van der Waals surface area contributed by atoms with Crippen molar-refractivity contribution in [2.24, 2.45) is 0 Å². The molecule has 7 heavy (non-hydrogen) atoms. The molecule has 0 radical (unpaired) electrons. The molecule has 0 rings (SSSR count). The molecule has 7 heteroatoms. The summed E-state index contributed by atoms with van der Waals surface area (Å²) in [6.07, 6.45) is 0. The lowest BCUT2D eigenvalue weighted by Gasteiger charge is -1.68. The van der Waals surface area contributed by atoms with E-state index in [1.54, 1.807) is 0 Å². The molecule has 0 saturated carbocycles. The van der Waals surface area contributed by atoms with Crippen molar-refractivity contribution in [3.05, 3.63) is 0 Å². The highest BCUT2D eigenvalue weighted by Gasteiger charge is 1.84. The minimum atomic E-state index is -4.67. The predicted octanol–water partition coefficient (Wildman–Crippen LogP) is 0.108. The van der Waals surface area contributed by atoms with Crippen LogP contribution >= 0.6 is 23.3 Å². The van der Waals surface area contributed by atoms with Crippen LogP contribution in [0.1, 0.15) is 0 Å². The van der Waals surface area contributed by atoms with Gasteiger partial charge in [0.15, 0.2) is 0 Å². The first-order valence-electron chi connectivity index (χ1n) is 0.898. The Morgan fingerprint density at radius 3 is 1.14 bits per heavy atom. The Morgan fingerprint density at radius 1 is 1.14 bits per heavy atom. The fraction of sp³-hybridized carbons (Fsp3) is 0. The maximum absolute atomic E-state index is 8.74. The smallest absolute Gasteiger partial charge is 0.264 e.